The van der Waals surface area contributed by atoms with E-state index in [1.54, 1.807) is 0 Å². The van der Waals surface area contributed by atoms with Crippen LogP contribution in [0.25, 0.3) is 0 Å². The van der Waals surface area contributed by atoms with Gasteiger partial charge in [-0.3, -0.25) is 0 Å². The molecule has 28 heavy (non-hydrogen) atoms. The molecular formula is C27H33N. The third-order valence-electron chi connectivity index (χ3n) is 5.38. The van der Waals surface area contributed by atoms with Gasteiger partial charge < -0.3 is 4.90 Å². The van der Waals surface area contributed by atoms with Crippen LogP contribution in [0.4, 0.5) is 17.1 Å². The summed E-state index contributed by atoms with van der Waals surface area (Å²) >= 11 is 0. The summed E-state index contributed by atoms with van der Waals surface area (Å²) in [4.78, 5) is 2.38. The number of anilines is 3. The summed E-state index contributed by atoms with van der Waals surface area (Å²) in [5.74, 6) is 0. The molecule has 0 heterocycles. The van der Waals surface area contributed by atoms with Crippen molar-refractivity contribution in [2.45, 2.75) is 59.3 Å². The molecule has 0 fully saturated rings. The zero-order valence-electron chi connectivity index (χ0n) is 17.6. The minimum atomic E-state index is 1.16. The van der Waals surface area contributed by atoms with Gasteiger partial charge in [0.2, 0.25) is 0 Å². The van der Waals surface area contributed by atoms with Gasteiger partial charge in [-0.05, 0) is 79.6 Å². The van der Waals surface area contributed by atoms with Gasteiger partial charge in [0.1, 0.15) is 0 Å². The summed E-state index contributed by atoms with van der Waals surface area (Å²) in [6.45, 7) is 6.68. The molecule has 0 N–H and O–H groups in total. The van der Waals surface area contributed by atoms with Crippen LogP contribution < -0.4 is 4.90 Å². The number of hydrogen-bond donors (Lipinski definition) is 0. The molecule has 0 aliphatic carbocycles. The van der Waals surface area contributed by atoms with Gasteiger partial charge in [-0.2, -0.15) is 0 Å². The van der Waals surface area contributed by atoms with Crippen LogP contribution in [0.1, 0.15) is 56.2 Å². The summed E-state index contributed by atoms with van der Waals surface area (Å²) in [5, 5.41) is 0. The molecule has 0 aromatic heterocycles. The lowest BCUT2D eigenvalue weighted by Gasteiger charge is -2.27. The van der Waals surface area contributed by atoms with Crippen molar-refractivity contribution in [3.05, 3.63) is 89.5 Å². The average molecular weight is 372 g/mol. The summed E-state index contributed by atoms with van der Waals surface area (Å²) in [6.07, 6.45) is 7.30. The molecule has 1 nitrogen and oxygen atoms in total. The van der Waals surface area contributed by atoms with E-state index in [0.29, 0.717) is 0 Å². The highest BCUT2D eigenvalue weighted by Crippen LogP contribution is 2.36. The van der Waals surface area contributed by atoms with E-state index in [0.717, 1.165) is 12.8 Å². The third-order valence-corrected chi connectivity index (χ3v) is 5.38. The van der Waals surface area contributed by atoms with Crippen LogP contribution in [0.3, 0.4) is 0 Å². The van der Waals surface area contributed by atoms with E-state index in [2.05, 4.69) is 98.5 Å². The maximum atomic E-state index is 2.38. The number of rotatable bonds is 9. The molecule has 0 bridgehead atoms. The Morgan fingerprint density at radius 3 is 1.50 bits per heavy atom. The fourth-order valence-electron chi connectivity index (χ4n) is 3.63. The van der Waals surface area contributed by atoms with Crippen LogP contribution in [0.15, 0.2) is 72.8 Å². The van der Waals surface area contributed by atoms with Crippen molar-refractivity contribution in [3.8, 4) is 0 Å². The van der Waals surface area contributed by atoms with Gasteiger partial charge in [0.15, 0.2) is 0 Å². The second-order valence-corrected chi connectivity index (χ2v) is 7.66. The molecule has 0 saturated carbocycles. The molecule has 0 unspecified atom stereocenters. The minimum absolute atomic E-state index is 1.16. The molecule has 3 aromatic rings. The van der Waals surface area contributed by atoms with Crippen molar-refractivity contribution in [3.63, 3.8) is 0 Å². The SMILES string of the molecule is CCCCc1ccc(N(c2ccc(CCCC)cc2)c2ccccc2C)cc1. The normalized spacial score (nSPS) is 10.8. The van der Waals surface area contributed by atoms with Crippen LogP contribution in [0.5, 0.6) is 0 Å². The standard InChI is InChI=1S/C27H33N/c1-4-6-11-23-14-18-25(19-15-23)28(27-13-9-8-10-22(27)3)26-20-16-24(17-21-26)12-7-5-2/h8-10,13-21H,4-7,11-12H2,1-3H3. The molecule has 3 aromatic carbocycles. The Hall–Kier alpha value is -2.54. The molecule has 3 rings (SSSR count). The Morgan fingerprint density at radius 1 is 0.607 bits per heavy atom. The van der Waals surface area contributed by atoms with E-state index in [-0.39, 0.29) is 0 Å². The van der Waals surface area contributed by atoms with E-state index < -0.39 is 0 Å². The molecule has 0 spiro atoms. The topological polar surface area (TPSA) is 3.24 Å². The van der Waals surface area contributed by atoms with Crippen molar-refractivity contribution in [2.24, 2.45) is 0 Å². The van der Waals surface area contributed by atoms with Gasteiger partial charge in [-0.1, -0.05) is 69.2 Å². The van der Waals surface area contributed by atoms with Crippen LogP contribution in [-0.2, 0) is 12.8 Å². The summed E-state index contributed by atoms with van der Waals surface area (Å²) in [7, 11) is 0. The Labute approximate surface area is 171 Å². The summed E-state index contributed by atoms with van der Waals surface area (Å²) < 4.78 is 0. The van der Waals surface area contributed by atoms with Crippen LogP contribution >= 0.6 is 0 Å². The molecule has 0 aliphatic heterocycles. The van der Waals surface area contributed by atoms with Crippen LogP contribution in [0.2, 0.25) is 0 Å². The van der Waals surface area contributed by atoms with E-state index in [4.69, 9.17) is 0 Å². The molecule has 1 heteroatoms. The molecule has 0 saturated heterocycles. The van der Waals surface area contributed by atoms with Gasteiger partial charge in [0, 0.05) is 17.1 Å². The fraction of sp³-hybridized carbons (Fsp3) is 0.333. The number of aryl methyl sites for hydroxylation is 3. The van der Waals surface area contributed by atoms with Crippen molar-refractivity contribution >= 4 is 17.1 Å². The predicted molar refractivity (Wildman–Crippen MR) is 123 cm³/mol. The highest BCUT2D eigenvalue weighted by atomic mass is 15.1. The molecule has 0 atom stereocenters. The molecule has 146 valence electrons. The van der Waals surface area contributed by atoms with Gasteiger partial charge >= 0.3 is 0 Å². The smallest absolute Gasteiger partial charge is 0.0490 e. The Bertz CT molecular complexity index is 795. The number of nitrogens with zero attached hydrogens (tertiary/aromatic N) is 1. The maximum Gasteiger partial charge on any atom is 0.0490 e. The lowest BCUT2D eigenvalue weighted by Crippen LogP contribution is -2.11. The number of benzene rings is 3. The first kappa shape index (κ1) is 20.2. The number of hydrogen-bond acceptors (Lipinski definition) is 1. The average Bonchev–Trinajstić information content (AvgIpc) is 2.74. The Balaban J connectivity index is 1.95. The quantitative estimate of drug-likeness (QED) is 0.367. The molecular weight excluding hydrogens is 338 g/mol. The first-order valence-electron chi connectivity index (χ1n) is 10.8. The van der Waals surface area contributed by atoms with E-state index >= 15 is 0 Å². The fourth-order valence-corrected chi connectivity index (χ4v) is 3.63. The lowest BCUT2D eigenvalue weighted by atomic mass is 10.0. The first-order valence-corrected chi connectivity index (χ1v) is 10.8. The van der Waals surface area contributed by atoms with Crippen molar-refractivity contribution in [1.29, 1.82) is 0 Å². The highest BCUT2D eigenvalue weighted by molar-refractivity contribution is 5.78. The zero-order chi connectivity index (χ0) is 19.8. The van der Waals surface area contributed by atoms with E-state index in [1.165, 1.54) is 59.4 Å². The van der Waals surface area contributed by atoms with Crippen molar-refractivity contribution in [1.82, 2.24) is 0 Å². The zero-order valence-corrected chi connectivity index (χ0v) is 17.6. The molecule has 0 aliphatic rings. The second kappa shape index (κ2) is 10.1. The minimum Gasteiger partial charge on any atom is -0.310 e. The van der Waals surface area contributed by atoms with Crippen LogP contribution in [-0.4, -0.2) is 0 Å². The Morgan fingerprint density at radius 2 is 1.07 bits per heavy atom. The van der Waals surface area contributed by atoms with E-state index in [1.807, 2.05) is 0 Å². The maximum absolute atomic E-state index is 2.38. The van der Waals surface area contributed by atoms with Crippen molar-refractivity contribution in [2.75, 3.05) is 4.90 Å². The number of unbranched alkanes of at least 4 members (excludes halogenated alkanes) is 2. The largest absolute Gasteiger partial charge is 0.310 e. The van der Waals surface area contributed by atoms with Gasteiger partial charge in [0.25, 0.3) is 0 Å². The lowest BCUT2D eigenvalue weighted by molar-refractivity contribution is 0.795. The van der Waals surface area contributed by atoms with Crippen LogP contribution in [0, 0.1) is 6.92 Å². The van der Waals surface area contributed by atoms with Gasteiger partial charge in [0.05, 0.1) is 0 Å². The van der Waals surface area contributed by atoms with Gasteiger partial charge in [-0.15, -0.1) is 0 Å². The van der Waals surface area contributed by atoms with Gasteiger partial charge in [-0.25, -0.2) is 0 Å². The molecule has 0 radical (unpaired) electrons. The summed E-state index contributed by atoms with van der Waals surface area (Å²) in [5.41, 5.74) is 7.81. The monoisotopic (exact) mass is 371 g/mol. The predicted octanol–water partition coefficient (Wildman–Crippen LogP) is 8.15. The molecule has 0 amide bonds. The van der Waals surface area contributed by atoms with Crippen molar-refractivity contribution < 1.29 is 0 Å². The highest BCUT2D eigenvalue weighted by Gasteiger charge is 2.14. The second-order valence-electron chi connectivity index (χ2n) is 7.66. The Kier molecular flexibility index (Phi) is 7.31. The number of para-hydroxylation sites is 1. The van der Waals surface area contributed by atoms with E-state index in [9.17, 15) is 0 Å². The first-order chi connectivity index (χ1) is 13.7. The summed E-state index contributed by atoms with van der Waals surface area (Å²) in [6, 6.07) is 26.8. The third kappa shape index (κ3) is 5.04.